The van der Waals surface area contributed by atoms with Crippen LogP contribution >= 0.6 is 36.4 Å². The molecule has 0 saturated carbocycles. The molecule has 23 heavy (non-hydrogen) atoms. The topological polar surface area (TPSA) is 57.4 Å². The first-order valence-electron chi connectivity index (χ1n) is 7.16. The lowest BCUT2D eigenvalue weighted by Gasteiger charge is -2.04. The lowest BCUT2D eigenvalue weighted by Crippen LogP contribution is -2.23. The number of benzene rings is 1. The predicted octanol–water partition coefficient (Wildman–Crippen LogP) is 3.51. The summed E-state index contributed by atoms with van der Waals surface area (Å²) < 4.78 is 5.80. The van der Waals surface area contributed by atoms with Crippen LogP contribution in [0.2, 0.25) is 5.02 Å². The SMILES string of the molecule is Cl.Cl.OCCNCCCNCc1ccc(-c2cccc(Cl)c2)o1. The van der Waals surface area contributed by atoms with Crippen LogP contribution in [0.15, 0.2) is 40.8 Å². The largest absolute Gasteiger partial charge is 0.460 e. The van der Waals surface area contributed by atoms with E-state index in [2.05, 4.69) is 10.6 Å². The molecule has 2 rings (SSSR count). The van der Waals surface area contributed by atoms with Crippen molar-refractivity contribution in [2.75, 3.05) is 26.2 Å². The van der Waals surface area contributed by atoms with Crippen molar-refractivity contribution in [1.29, 1.82) is 0 Å². The highest BCUT2D eigenvalue weighted by atomic mass is 35.5. The Morgan fingerprint density at radius 3 is 2.52 bits per heavy atom. The fourth-order valence-corrected chi connectivity index (χ4v) is 2.21. The van der Waals surface area contributed by atoms with E-state index in [1.165, 1.54) is 0 Å². The first-order valence-corrected chi connectivity index (χ1v) is 7.54. The van der Waals surface area contributed by atoms with Crippen molar-refractivity contribution < 1.29 is 9.52 Å². The maximum Gasteiger partial charge on any atom is 0.134 e. The van der Waals surface area contributed by atoms with Crippen LogP contribution in [0.4, 0.5) is 0 Å². The van der Waals surface area contributed by atoms with Gasteiger partial charge in [0.05, 0.1) is 13.2 Å². The van der Waals surface area contributed by atoms with Gasteiger partial charge in [-0.15, -0.1) is 24.8 Å². The van der Waals surface area contributed by atoms with Crippen molar-refractivity contribution in [1.82, 2.24) is 10.6 Å². The van der Waals surface area contributed by atoms with Gasteiger partial charge in [0.2, 0.25) is 0 Å². The van der Waals surface area contributed by atoms with Crippen LogP contribution in [0, 0.1) is 0 Å². The van der Waals surface area contributed by atoms with Gasteiger partial charge in [-0.25, -0.2) is 0 Å². The molecule has 0 spiro atoms. The number of hydrogen-bond donors (Lipinski definition) is 3. The van der Waals surface area contributed by atoms with E-state index in [-0.39, 0.29) is 31.4 Å². The highest BCUT2D eigenvalue weighted by Crippen LogP contribution is 2.24. The summed E-state index contributed by atoms with van der Waals surface area (Å²) in [7, 11) is 0. The van der Waals surface area contributed by atoms with Crippen molar-refractivity contribution in [3.63, 3.8) is 0 Å². The summed E-state index contributed by atoms with van der Waals surface area (Å²) >= 11 is 5.98. The standard InChI is InChI=1S/C16H21ClN2O2.2ClH/c17-14-4-1-3-13(11-14)16-6-5-15(21-16)12-19-8-2-7-18-9-10-20;;/h1,3-6,11,18-20H,2,7-10,12H2;2*1H. The van der Waals surface area contributed by atoms with Crippen molar-refractivity contribution in [2.24, 2.45) is 0 Å². The minimum atomic E-state index is 0. The minimum absolute atomic E-state index is 0. The maximum atomic E-state index is 8.63. The van der Waals surface area contributed by atoms with Crippen LogP contribution in [0.1, 0.15) is 12.2 Å². The normalized spacial score (nSPS) is 10.0. The van der Waals surface area contributed by atoms with Gasteiger partial charge in [-0.05, 0) is 43.8 Å². The Balaban J connectivity index is 0.00000242. The molecule has 0 fully saturated rings. The summed E-state index contributed by atoms with van der Waals surface area (Å²) in [6.45, 7) is 3.36. The summed E-state index contributed by atoms with van der Waals surface area (Å²) in [5, 5.41) is 15.8. The number of halogens is 3. The fraction of sp³-hybridized carbons (Fsp3) is 0.375. The van der Waals surface area contributed by atoms with Crippen molar-refractivity contribution in [2.45, 2.75) is 13.0 Å². The molecule has 0 unspecified atom stereocenters. The molecular formula is C16H23Cl3N2O2. The Hall–Kier alpha value is -0.750. The zero-order valence-electron chi connectivity index (χ0n) is 12.8. The van der Waals surface area contributed by atoms with E-state index in [9.17, 15) is 0 Å². The zero-order chi connectivity index (χ0) is 14.9. The highest BCUT2D eigenvalue weighted by Gasteiger charge is 2.04. The van der Waals surface area contributed by atoms with Gasteiger partial charge in [-0.2, -0.15) is 0 Å². The van der Waals surface area contributed by atoms with Gasteiger partial charge in [0, 0.05) is 17.1 Å². The van der Waals surface area contributed by atoms with E-state index in [1.807, 2.05) is 36.4 Å². The van der Waals surface area contributed by atoms with E-state index < -0.39 is 0 Å². The monoisotopic (exact) mass is 380 g/mol. The molecule has 7 heteroatoms. The quantitative estimate of drug-likeness (QED) is 0.582. The molecular weight excluding hydrogens is 359 g/mol. The van der Waals surface area contributed by atoms with Gasteiger partial charge in [-0.1, -0.05) is 23.7 Å². The zero-order valence-corrected chi connectivity index (χ0v) is 15.1. The number of hydrogen-bond acceptors (Lipinski definition) is 4. The van der Waals surface area contributed by atoms with Crippen LogP contribution in [-0.4, -0.2) is 31.3 Å². The molecule has 4 nitrogen and oxygen atoms in total. The summed E-state index contributed by atoms with van der Waals surface area (Å²) in [5.74, 6) is 1.74. The van der Waals surface area contributed by atoms with E-state index in [1.54, 1.807) is 0 Å². The number of rotatable bonds is 9. The molecule has 0 bridgehead atoms. The van der Waals surface area contributed by atoms with Gasteiger partial charge < -0.3 is 20.2 Å². The highest BCUT2D eigenvalue weighted by molar-refractivity contribution is 6.30. The molecule has 1 heterocycles. The molecule has 3 N–H and O–H groups in total. The molecule has 0 saturated heterocycles. The molecule has 0 amide bonds. The number of furan rings is 1. The molecule has 0 aliphatic heterocycles. The van der Waals surface area contributed by atoms with Gasteiger partial charge in [0.15, 0.2) is 0 Å². The summed E-state index contributed by atoms with van der Waals surface area (Å²) in [6, 6.07) is 11.6. The van der Waals surface area contributed by atoms with Gasteiger partial charge in [-0.3, -0.25) is 0 Å². The molecule has 1 aromatic carbocycles. The second-order valence-corrected chi connectivity index (χ2v) is 5.22. The summed E-state index contributed by atoms with van der Waals surface area (Å²) in [4.78, 5) is 0. The van der Waals surface area contributed by atoms with Crippen LogP contribution < -0.4 is 10.6 Å². The first kappa shape index (κ1) is 22.2. The first-order chi connectivity index (χ1) is 10.3. The fourth-order valence-electron chi connectivity index (χ4n) is 2.02. The Morgan fingerprint density at radius 2 is 1.78 bits per heavy atom. The molecule has 0 radical (unpaired) electrons. The van der Waals surface area contributed by atoms with Crippen LogP contribution in [-0.2, 0) is 6.54 Å². The average molecular weight is 382 g/mol. The summed E-state index contributed by atoms with van der Waals surface area (Å²) in [5.41, 5.74) is 0.988. The Labute approximate surface area is 154 Å². The molecule has 130 valence electrons. The molecule has 0 atom stereocenters. The van der Waals surface area contributed by atoms with Crippen LogP contribution in [0.25, 0.3) is 11.3 Å². The smallest absolute Gasteiger partial charge is 0.134 e. The third-order valence-electron chi connectivity index (χ3n) is 3.07. The second-order valence-electron chi connectivity index (χ2n) is 4.78. The lowest BCUT2D eigenvalue weighted by atomic mass is 10.2. The van der Waals surface area contributed by atoms with Crippen molar-refractivity contribution in [3.8, 4) is 11.3 Å². The van der Waals surface area contributed by atoms with Gasteiger partial charge in [0.1, 0.15) is 11.5 Å². The van der Waals surface area contributed by atoms with Gasteiger partial charge in [0.25, 0.3) is 0 Å². The Morgan fingerprint density at radius 1 is 1.00 bits per heavy atom. The second kappa shape index (κ2) is 12.6. The Bertz CT molecular complexity index is 550. The van der Waals surface area contributed by atoms with Crippen LogP contribution in [0.3, 0.4) is 0 Å². The van der Waals surface area contributed by atoms with E-state index in [0.717, 1.165) is 36.6 Å². The van der Waals surface area contributed by atoms with Crippen molar-refractivity contribution in [3.05, 3.63) is 47.2 Å². The third-order valence-corrected chi connectivity index (χ3v) is 3.30. The van der Waals surface area contributed by atoms with Crippen molar-refractivity contribution >= 4 is 36.4 Å². The Kier molecular flexibility index (Phi) is 12.2. The number of aliphatic hydroxyl groups is 1. The molecule has 0 aliphatic rings. The molecule has 0 aliphatic carbocycles. The van der Waals surface area contributed by atoms with Crippen LogP contribution in [0.5, 0.6) is 0 Å². The summed E-state index contributed by atoms with van der Waals surface area (Å²) in [6.07, 6.45) is 1.02. The van der Waals surface area contributed by atoms with E-state index >= 15 is 0 Å². The van der Waals surface area contributed by atoms with Gasteiger partial charge >= 0.3 is 0 Å². The maximum absolute atomic E-state index is 8.63. The third kappa shape index (κ3) is 8.06. The lowest BCUT2D eigenvalue weighted by molar-refractivity contribution is 0.292. The van der Waals surface area contributed by atoms with E-state index in [0.29, 0.717) is 18.1 Å². The van der Waals surface area contributed by atoms with E-state index in [4.69, 9.17) is 21.1 Å². The molecule has 2 aromatic rings. The minimum Gasteiger partial charge on any atom is -0.460 e. The number of aliphatic hydroxyl groups excluding tert-OH is 1. The average Bonchev–Trinajstić information content (AvgIpc) is 2.95. The molecule has 1 aromatic heterocycles. The predicted molar refractivity (Wildman–Crippen MR) is 99.9 cm³/mol. The number of nitrogens with one attached hydrogen (secondary N) is 2.